The molecule has 0 radical (unpaired) electrons. The summed E-state index contributed by atoms with van der Waals surface area (Å²) in [5.41, 5.74) is 1.67. The number of nitrogens with one attached hydrogen (secondary N) is 4. The minimum Gasteiger partial charge on any atom is -0.506 e. The molecule has 14 heteroatoms. The molecule has 2 aliphatic rings. The van der Waals surface area contributed by atoms with E-state index in [9.17, 15) is 34.5 Å². The fourth-order valence-electron chi connectivity index (χ4n) is 8.67. The Hall–Kier alpha value is -6.84. The molecule has 6 aromatic rings. The van der Waals surface area contributed by atoms with Crippen LogP contribution in [0.15, 0.2) is 138 Å². The van der Waals surface area contributed by atoms with Crippen molar-refractivity contribution in [3.05, 3.63) is 177 Å². The van der Waals surface area contributed by atoms with Gasteiger partial charge >= 0.3 is 5.97 Å². The fourth-order valence-corrected chi connectivity index (χ4v) is 8.67. The van der Waals surface area contributed by atoms with Crippen LogP contribution in [0.4, 0.5) is 0 Å². The van der Waals surface area contributed by atoms with E-state index in [-0.39, 0.29) is 72.0 Å². The molecule has 1 saturated heterocycles. The lowest BCUT2D eigenvalue weighted by atomic mass is 9.86. The van der Waals surface area contributed by atoms with Gasteiger partial charge in [0.2, 0.25) is 11.2 Å². The van der Waals surface area contributed by atoms with Gasteiger partial charge in [0.1, 0.15) is 11.5 Å². The van der Waals surface area contributed by atoms with E-state index >= 15 is 0 Å². The Kier molecular flexibility index (Phi) is 14.5. The molecule has 1 aliphatic carbocycles. The number of carbonyl (C=O) groups excluding carboxylic acids is 3. The molecule has 66 heavy (non-hydrogen) atoms. The van der Waals surface area contributed by atoms with Crippen molar-refractivity contribution in [2.75, 3.05) is 32.8 Å². The Morgan fingerprint density at radius 2 is 1.48 bits per heavy atom. The second kappa shape index (κ2) is 21.0. The molecule has 5 aromatic carbocycles. The van der Waals surface area contributed by atoms with Gasteiger partial charge in [-0.1, -0.05) is 91.0 Å². The topological polar surface area (TPSA) is 203 Å². The number of piperidine rings is 1. The third kappa shape index (κ3) is 11.1. The number of carbonyl (C=O) groups is 3. The van der Waals surface area contributed by atoms with Gasteiger partial charge in [-0.2, -0.15) is 0 Å². The molecule has 2 fully saturated rings. The van der Waals surface area contributed by atoms with Crippen LogP contribution in [0.2, 0.25) is 0 Å². The smallest absolute Gasteiger partial charge is 0.347 e. The number of aromatic amines is 1. The number of H-pyrrole nitrogens is 1. The summed E-state index contributed by atoms with van der Waals surface area (Å²) in [5.74, 6) is -0.933. The number of phenolic OH excluding ortho intramolecular Hbond substituents is 1. The van der Waals surface area contributed by atoms with E-state index in [0.717, 1.165) is 38.0 Å². The van der Waals surface area contributed by atoms with Gasteiger partial charge in [0.15, 0.2) is 6.61 Å². The van der Waals surface area contributed by atoms with Crippen molar-refractivity contribution in [3.63, 3.8) is 0 Å². The van der Waals surface area contributed by atoms with E-state index < -0.39 is 17.7 Å². The van der Waals surface area contributed by atoms with Crippen molar-refractivity contribution in [2.45, 2.75) is 62.6 Å². The summed E-state index contributed by atoms with van der Waals surface area (Å²) in [6, 6.07) is 38.4. The number of nitrogens with zero attached hydrogens (tertiary/aromatic N) is 1. The number of hydrogen-bond donors (Lipinski definition) is 7. The first-order chi connectivity index (χ1) is 32.0. The van der Waals surface area contributed by atoms with Crippen LogP contribution in [0.3, 0.4) is 0 Å². The minimum absolute atomic E-state index is 0.0735. The molecular weight excluding hydrogens is 839 g/mol. The maximum atomic E-state index is 13.8. The first-order valence-corrected chi connectivity index (χ1v) is 22.4. The molecule has 2 atom stereocenters. The molecule has 7 N–H and O–H groups in total. The Balaban J connectivity index is 0.763. The van der Waals surface area contributed by atoms with E-state index in [2.05, 4.69) is 38.0 Å². The van der Waals surface area contributed by atoms with Gasteiger partial charge in [-0.15, -0.1) is 0 Å². The van der Waals surface area contributed by atoms with E-state index in [1.54, 1.807) is 78.9 Å². The summed E-state index contributed by atoms with van der Waals surface area (Å²) in [6.45, 7) is 3.24. The van der Waals surface area contributed by atoms with E-state index in [4.69, 9.17) is 9.47 Å². The Labute approximate surface area is 382 Å². The predicted octanol–water partition coefficient (Wildman–Crippen LogP) is 5.20. The number of pyridine rings is 1. The zero-order valence-corrected chi connectivity index (χ0v) is 36.5. The Morgan fingerprint density at radius 3 is 2.23 bits per heavy atom. The minimum atomic E-state index is -2.11. The average Bonchev–Trinajstić information content (AvgIpc) is 3.33. The van der Waals surface area contributed by atoms with Crippen LogP contribution in [0.5, 0.6) is 11.5 Å². The number of likely N-dealkylation sites (tertiary alicyclic amines) is 1. The van der Waals surface area contributed by atoms with Crippen LogP contribution >= 0.6 is 0 Å². The summed E-state index contributed by atoms with van der Waals surface area (Å²) < 4.78 is 11.7. The number of rotatable bonds is 18. The van der Waals surface area contributed by atoms with Crippen LogP contribution in [0, 0.1) is 5.92 Å². The number of phenols is 1. The quantitative estimate of drug-likeness (QED) is 0.0559. The number of aromatic nitrogens is 1. The maximum absolute atomic E-state index is 13.8. The lowest BCUT2D eigenvalue weighted by Crippen LogP contribution is -2.54. The maximum Gasteiger partial charge on any atom is 0.347 e. The number of hydrogen-bond acceptors (Lipinski definition) is 11. The zero-order chi connectivity index (χ0) is 46.0. The van der Waals surface area contributed by atoms with Crippen LogP contribution in [-0.2, 0) is 33.0 Å². The summed E-state index contributed by atoms with van der Waals surface area (Å²) in [7, 11) is 0. The van der Waals surface area contributed by atoms with Crippen LogP contribution in [-0.4, -0.2) is 87.9 Å². The lowest BCUT2D eigenvalue weighted by molar-refractivity contribution is -0.164. The van der Waals surface area contributed by atoms with Gasteiger partial charge in [0, 0.05) is 54.3 Å². The number of aromatic hydroxyl groups is 1. The highest BCUT2D eigenvalue weighted by molar-refractivity contribution is 5.94. The number of aliphatic hydroxyl groups is 2. The van der Waals surface area contributed by atoms with Gasteiger partial charge in [-0.05, 0) is 103 Å². The lowest BCUT2D eigenvalue weighted by Gasteiger charge is -2.36. The Bertz CT molecular complexity index is 2670. The fraction of sp³-hybridized carbons (Fsp3) is 0.308. The molecule has 0 spiro atoms. The molecule has 2 amide bonds. The number of benzene rings is 5. The monoisotopic (exact) mass is 893 g/mol. The highest BCUT2D eigenvalue weighted by Crippen LogP contribution is 2.34. The molecule has 0 bridgehead atoms. The third-order valence-corrected chi connectivity index (χ3v) is 12.5. The molecule has 8 rings (SSSR count). The number of aliphatic hydroxyl groups excluding tert-OH is 1. The summed E-state index contributed by atoms with van der Waals surface area (Å²) in [5, 5.41) is 42.8. The number of ether oxygens (including phenoxy) is 2. The zero-order valence-electron chi connectivity index (χ0n) is 36.5. The predicted molar refractivity (Wildman–Crippen MR) is 249 cm³/mol. The highest BCUT2D eigenvalue weighted by Gasteiger charge is 2.42. The molecule has 14 nitrogen and oxygen atoms in total. The van der Waals surface area contributed by atoms with Crippen molar-refractivity contribution < 1.29 is 39.2 Å². The number of fused-ring (bicyclic) bond motifs is 1. The van der Waals surface area contributed by atoms with E-state index in [0.29, 0.717) is 47.2 Å². The molecule has 1 aliphatic heterocycles. The second-order valence-corrected chi connectivity index (χ2v) is 17.2. The van der Waals surface area contributed by atoms with Crippen molar-refractivity contribution in [2.24, 2.45) is 5.92 Å². The summed E-state index contributed by atoms with van der Waals surface area (Å²) in [4.78, 5) is 56.5. The SMILES string of the molecule is O=C(COc1cccc(C(O)(C(=O)OCC2CCN(Cc3ccccc3)CC2)c2ccccc2)c1)N[C@H]1C[C@H](NC(=O)c2ccc(CNC[C@H](O)c3ccc(O)c4[nH]c(=O)ccc34)cc2)C1. The van der Waals surface area contributed by atoms with Crippen LogP contribution in [0.25, 0.3) is 10.9 Å². The Morgan fingerprint density at radius 1 is 0.788 bits per heavy atom. The molecule has 1 aromatic heterocycles. The molecule has 2 heterocycles. The molecular formula is C52H55N5O9. The normalized spacial score (nSPS) is 17.8. The standard InChI is InChI=1S/C52H55N5O9/c58-45-20-18-43(44-19-21-47(60)56-49(44)45)46(59)30-53-29-34-14-16-37(17-15-34)50(62)55-41-27-40(28-41)54-48(61)33-65-42-13-7-12-39(26-42)52(64,38-10-5-2-6-11-38)51(63)66-32-36-22-24-57(25-23-36)31-35-8-3-1-4-9-35/h1-21,26,36,40-41,46,53,58-59,64H,22-25,27-33H2,(H,54,61)(H,55,62)(H,56,60)/t40-,41-,46-,52?/m0/s1. The van der Waals surface area contributed by atoms with Gasteiger partial charge in [0.05, 0.1) is 18.2 Å². The van der Waals surface area contributed by atoms with Crippen molar-refractivity contribution in [1.82, 2.24) is 25.8 Å². The van der Waals surface area contributed by atoms with Crippen molar-refractivity contribution >= 4 is 28.7 Å². The van der Waals surface area contributed by atoms with Gasteiger partial charge in [-0.3, -0.25) is 19.3 Å². The highest BCUT2D eigenvalue weighted by atomic mass is 16.5. The van der Waals surface area contributed by atoms with Gasteiger partial charge < -0.3 is 45.7 Å². The van der Waals surface area contributed by atoms with Gasteiger partial charge in [0.25, 0.3) is 11.8 Å². The van der Waals surface area contributed by atoms with Crippen molar-refractivity contribution in [3.8, 4) is 11.5 Å². The number of amides is 2. The summed E-state index contributed by atoms with van der Waals surface area (Å²) in [6.07, 6.45) is 1.98. The molecule has 1 unspecified atom stereocenters. The van der Waals surface area contributed by atoms with E-state index in [1.807, 2.05) is 30.3 Å². The van der Waals surface area contributed by atoms with Crippen LogP contribution < -0.4 is 26.2 Å². The first-order valence-electron chi connectivity index (χ1n) is 22.4. The number of esters is 1. The summed E-state index contributed by atoms with van der Waals surface area (Å²) >= 11 is 0. The average molecular weight is 894 g/mol. The van der Waals surface area contributed by atoms with Crippen molar-refractivity contribution in [1.29, 1.82) is 0 Å². The molecule has 342 valence electrons. The largest absolute Gasteiger partial charge is 0.506 e. The van der Waals surface area contributed by atoms with Crippen LogP contribution in [0.1, 0.15) is 70.0 Å². The van der Waals surface area contributed by atoms with Gasteiger partial charge in [-0.25, -0.2) is 4.79 Å². The molecule has 1 saturated carbocycles. The van der Waals surface area contributed by atoms with E-state index in [1.165, 1.54) is 17.7 Å². The third-order valence-electron chi connectivity index (χ3n) is 12.5. The second-order valence-electron chi connectivity index (χ2n) is 17.2. The first kappa shape index (κ1) is 45.7.